The lowest BCUT2D eigenvalue weighted by Gasteiger charge is -2.57. The number of nitrogens with one attached hydrogen (secondary N) is 1. The quantitative estimate of drug-likeness (QED) is 0.816. The number of fused-ring (bicyclic) bond motifs is 1. The molecule has 6 rings (SSSR count). The summed E-state index contributed by atoms with van der Waals surface area (Å²) >= 11 is 0. The molecule has 0 radical (unpaired) electrons. The molecule has 0 aromatic heterocycles. The smallest absolute Gasteiger partial charge is 0.0208 e. The molecule has 0 atom stereocenters. The van der Waals surface area contributed by atoms with Gasteiger partial charge in [0.1, 0.15) is 0 Å². The van der Waals surface area contributed by atoms with E-state index in [2.05, 4.69) is 23.5 Å². The van der Waals surface area contributed by atoms with Gasteiger partial charge < -0.3 is 5.32 Å². The van der Waals surface area contributed by atoms with Crippen molar-refractivity contribution in [3.05, 3.63) is 34.9 Å². The average molecular weight is 267 g/mol. The van der Waals surface area contributed by atoms with Crippen LogP contribution in [0.25, 0.3) is 0 Å². The summed E-state index contributed by atoms with van der Waals surface area (Å²) in [5.74, 6) is 3.16. The number of benzene rings is 1. The van der Waals surface area contributed by atoms with Crippen LogP contribution in [0, 0.1) is 17.8 Å². The van der Waals surface area contributed by atoms with Gasteiger partial charge >= 0.3 is 0 Å². The first kappa shape index (κ1) is 11.8. The van der Waals surface area contributed by atoms with Gasteiger partial charge in [0.2, 0.25) is 0 Å². The van der Waals surface area contributed by atoms with Gasteiger partial charge in [-0.05, 0) is 91.3 Å². The summed E-state index contributed by atoms with van der Waals surface area (Å²) in [6, 6.07) is 7.51. The molecule has 1 aromatic carbocycles. The Hall–Kier alpha value is -0.820. The van der Waals surface area contributed by atoms with Gasteiger partial charge in [0, 0.05) is 6.54 Å². The number of hydrogen-bond acceptors (Lipinski definition) is 1. The second-order valence-electron chi connectivity index (χ2n) is 8.11. The zero-order chi connectivity index (χ0) is 13.2. The van der Waals surface area contributed by atoms with Crippen molar-refractivity contribution < 1.29 is 0 Å². The highest BCUT2D eigenvalue weighted by atomic mass is 14.9. The third kappa shape index (κ3) is 1.65. The van der Waals surface area contributed by atoms with Gasteiger partial charge in [-0.2, -0.15) is 0 Å². The van der Waals surface area contributed by atoms with Crippen LogP contribution in [0.1, 0.15) is 55.2 Å². The number of hydrogen-bond donors (Lipinski definition) is 1. The molecule has 5 aliphatic rings. The molecule has 4 aliphatic carbocycles. The van der Waals surface area contributed by atoms with Crippen LogP contribution in [0.5, 0.6) is 0 Å². The Bertz CT molecular complexity index is 509. The lowest BCUT2D eigenvalue weighted by molar-refractivity contribution is -0.00523. The van der Waals surface area contributed by atoms with Crippen molar-refractivity contribution in [2.24, 2.45) is 17.8 Å². The molecule has 1 nitrogen and oxygen atoms in total. The summed E-state index contributed by atoms with van der Waals surface area (Å²) in [5, 5.41) is 3.50. The summed E-state index contributed by atoms with van der Waals surface area (Å²) < 4.78 is 0. The van der Waals surface area contributed by atoms with Crippen LogP contribution in [0.15, 0.2) is 18.2 Å². The molecule has 1 aromatic rings. The van der Waals surface area contributed by atoms with Gasteiger partial charge in [-0.3, -0.25) is 0 Å². The molecule has 0 amide bonds. The van der Waals surface area contributed by atoms with E-state index in [0.29, 0.717) is 5.41 Å². The zero-order valence-electron chi connectivity index (χ0n) is 12.3. The maximum atomic E-state index is 3.50. The standard InChI is InChI=1S/C19H25N/c1-2-18(8-16-3-4-20-12-17(1)16)19-9-13-5-14(10-19)7-15(6-13)11-19/h1-2,8,13-15,20H,3-7,9-12H2. The Morgan fingerprint density at radius 1 is 0.900 bits per heavy atom. The first-order valence-corrected chi connectivity index (χ1v) is 8.64. The van der Waals surface area contributed by atoms with Gasteiger partial charge in [-0.1, -0.05) is 18.2 Å². The largest absolute Gasteiger partial charge is 0.312 e. The molecular weight excluding hydrogens is 242 g/mol. The third-order valence-electron chi connectivity index (χ3n) is 6.74. The summed E-state index contributed by atoms with van der Waals surface area (Å²) in [6.45, 7) is 2.24. The lowest BCUT2D eigenvalue weighted by Crippen LogP contribution is -2.48. The van der Waals surface area contributed by atoms with E-state index in [1.165, 1.54) is 25.7 Å². The van der Waals surface area contributed by atoms with E-state index in [-0.39, 0.29) is 0 Å². The molecular formula is C19H25N. The Labute approximate surface area is 122 Å². The number of rotatable bonds is 1. The maximum Gasteiger partial charge on any atom is 0.0208 e. The van der Waals surface area contributed by atoms with Crippen LogP contribution < -0.4 is 5.32 Å². The second kappa shape index (κ2) is 4.10. The minimum absolute atomic E-state index is 0.578. The van der Waals surface area contributed by atoms with E-state index in [4.69, 9.17) is 0 Å². The summed E-state index contributed by atoms with van der Waals surface area (Å²) in [4.78, 5) is 0. The predicted octanol–water partition coefficient (Wildman–Crippen LogP) is 3.80. The third-order valence-corrected chi connectivity index (χ3v) is 6.74. The second-order valence-corrected chi connectivity index (χ2v) is 8.11. The highest BCUT2D eigenvalue weighted by molar-refractivity contribution is 5.39. The van der Waals surface area contributed by atoms with Gasteiger partial charge in [0.25, 0.3) is 0 Å². The molecule has 4 fully saturated rings. The van der Waals surface area contributed by atoms with Gasteiger partial charge in [-0.15, -0.1) is 0 Å². The molecule has 106 valence electrons. The van der Waals surface area contributed by atoms with E-state index >= 15 is 0 Å². The maximum absolute atomic E-state index is 3.50. The summed E-state index contributed by atoms with van der Waals surface area (Å²) in [6.07, 6.45) is 10.4. The molecule has 0 spiro atoms. The molecule has 1 N–H and O–H groups in total. The Morgan fingerprint density at radius 3 is 2.30 bits per heavy atom. The first-order valence-electron chi connectivity index (χ1n) is 8.64. The van der Waals surface area contributed by atoms with Crippen molar-refractivity contribution in [2.45, 2.75) is 56.9 Å². The molecule has 1 aliphatic heterocycles. The van der Waals surface area contributed by atoms with Crippen molar-refractivity contribution in [1.29, 1.82) is 0 Å². The minimum atomic E-state index is 0.578. The van der Waals surface area contributed by atoms with Crippen LogP contribution in [-0.2, 0) is 18.4 Å². The average Bonchev–Trinajstić information content (AvgIpc) is 2.45. The monoisotopic (exact) mass is 267 g/mol. The van der Waals surface area contributed by atoms with Crippen molar-refractivity contribution in [2.75, 3.05) is 6.54 Å². The normalized spacial score (nSPS) is 41.7. The van der Waals surface area contributed by atoms with Crippen LogP contribution in [0.4, 0.5) is 0 Å². The summed E-state index contributed by atoms with van der Waals surface area (Å²) in [7, 11) is 0. The summed E-state index contributed by atoms with van der Waals surface area (Å²) in [5.41, 5.74) is 5.47. The van der Waals surface area contributed by atoms with E-state index in [1.807, 2.05) is 0 Å². The fourth-order valence-corrected chi connectivity index (χ4v) is 6.27. The molecule has 0 unspecified atom stereocenters. The fourth-order valence-electron chi connectivity index (χ4n) is 6.27. The predicted molar refractivity (Wildman–Crippen MR) is 81.7 cm³/mol. The van der Waals surface area contributed by atoms with Crippen molar-refractivity contribution in [1.82, 2.24) is 5.32 Å². The van der Waals surface area contributed by atoms with Crippen LogP contribution in [0.2, 0.25) is 0 Å². The SMILES string of the molecule is c1cc2c(cc1C13CC4CC(CC(C4)C1)C3)CCNC2. The van der Waals surface area contributed by atoms with Crippen LogP contribution in [-0.4, -0.2) is 6.54 Å². The highest BCUT2D eigenvalue weighted by Gasteiger charge is 2.51. The Morgan fingerprint density at radius 2 is 1.60 bits per heavy atom. The van der Waals surface area contributed by atoms with Crippen molar-refractivity contribution in [3.8, 4) is 0 Å². The van der Waals surface area contributed by atoms with Gasteiger partial charge in [0.15, 0.2) is 0 Å². The van der Waals surface area contributed by atoms with Crippen molar-refractivity contribution in [3.63, 3.8) is 0 Å². The van der Waals surface area contributed by atoms with E-state index < -0.39 is 0 Å². The minimum Gasteiger partial charge on any atom is -0.312 e. The highest BCUT2D eigenvalue weighted by Crippen LogP contribution is 2.60. The lowest BCUT2D eigenvalue weighted by atomic mass is 9.48. The van der Waals surface area contributed by atoms with E-state index in [1.54, 1.807) is 36.0 Å². The molecule has 1 heterocycles. The van der Waals surface area contributed by atoms with E-state index in [0.717, 1.165) is 30.8 Å². The molecule has 20 heavy (non-hydrogen) atoms. The molecule has 1 heteroatoms. The van der Waals surface area contributed by atoms with Crippen LogP contribution in [0.3, 0.4) is 0 Å². The Balaban J connectivity index is 1.56. The topological polar surface area (TPSA) is 12.0 Å². The molecule has 4 saturated carbocycles. The van der Waals surface area contributed by atoms with Gasteiger partial charge in [-0.25, -0.2) is 0 Å². The van der Waals surface area contributed by atoms with Gasteiger partial charge in [0.05, 0.1) is 0 Å². The van der Waals surface area contributed by atoms with Crippen molar-refractivity contribution >= 4 is 0 Å². The van der Waals surface area contributed by atoms with Crippen LogP contribution >= 0.6 is 0 Å². The molecule has 0 saturated heterocycles. The van der Waals surface area contributed by atoms with E-state index in [9.17, 15) is 0 Å². The Kier molecular flexibility index (Phi) is 2.42. The zero-order valence-corrected chi connectivity index (χ0v) is 12.3. The first-order chi connectivity index (χ1) is 9.81. The fraction of sp³-hybridized carbons (Fsp3) is 0.684. The molecule has 4 bridgehead atoms.